The van der Waals surface area contributed by atoms with Crippen LogP contribution in [0, 0.1) is 10.1 Å². The minimum absolute atomic E-state index is 0.0525. The lowest BCUT2D eigenvalue weighted by Crippen LogP contribution is -2.35. The van der Waals surface area contributed by atoms with Crippen LogP contribution >= 0.6 is 0 Å². The van der Waals surface area contributed by atoms with E-state index in [9.17, 15) is 15.2 Å². The zero-order valence-electron chi connectivity index (χ0n) is 11.5. The van der Waals surface area contributed by atoms with Gasteiger partial charge in [-0.1, -0.05) is 18.9 Å². The highest BCUT2D eigenvalue weighted by Gasteiger charge is 2.22. The number of hydrogen-bond donors (Lipinski definition) is 2. The van der Waals surface area contributed by atoms with Crippen LogP contribution in [0.1, 0.15) is 31.2 Å². The predicted molar refractivity (Wildman–Crippen MR) is 77.3 cm³/mol. The Balaban J connectivity index is 2.09. The molecule has 0 heterocycles. The molecule has 1 saturated carbocycles. The third kappa shape index (κ3) is 3.46. The number of aliphatic hydroxyl groups excluding tert-OH is 1. The second-order valence-corrected chi connectivity index (χ2v) is 5.28. The number of aliphatic hydroxyl groups is 1. The lowest BCUT2D eigenvalue weighted by molar-refractivity contribution is -0.383. The molecule has 0 saturated heterocycles. The average Bonchev–Trinajstić information content (AvgIpc) is 2.91. The summed E-state index contributed by atoms with van der Waals surface area (Å²) >= 11 is 0. The van der Waals surface area contributed by atoms with Gasteiger partial charge in [0.2, 0.25) is 0 Å². The Labute approximate surface area is 118 Å². The monoisotopic (exact) mass is 279 g/mol. The minimum atomic E-state index is -0.471. The number of nitrogens with zero attached hydrogens (tertiary/aromatic N) is 2. The van der Waals surface area contributed by atoms with Gasteiger partial charge < -0.3 is 10.8 Å². The summed E-state index contributed by atoms with van der Waals surface area (Å²) in [6.07, 6.45) is 4.77. The van der Waals surface area contributed by atoms with Crippen molar-refractivity contribution in [2.24, 2.45) is 0 Å². The van der Waals surface area contributed by atoms with Crippen molar-refractivity contribution in [2.45, 2.75) is 38.3 Å². The standard InChI is InChI=1S/C14H21N3O3/c15-13-9-11(5-6-14(13)17(19)20)10-16(7-8-18)12-3-1-2-4-12/h5-6,9,12,18H,1-4,7-8,10,15H2. The van der Waals surface area contributed by atoms with Crippen molar-refractivity contribution in [1.82, 2.24) is 4.90 Å². The molecule has 1 aromatic carbocycles. The van der Waals surface area contributed by atoms with Crippen LogP contribution in [-0.2, 0) is 6.54 Å². The predicted octanol–water partition coefficient (Wildman–Crippen LogP) is 1.91. The van der Waals surface area contributed by atoms with E-state index >= 15 is 0 Å². The normalized spacial score (nSPS) is 15.9. The fraction of sp³-hybridized carbons (Fsp3) is 0.571. The molecular weight excluding hydrogens is 258 g/mol. The maximum atomic E-state index is 10.7. The van der Waals surface area contributed by atoms with E-state index in [1.54, 1.807) is 12.1 Å². The van der Waals surface area contributed by atoms with Crippen molar-refractivity contribution in [3.63, 3.8) is 0 Å². The number of rotatable bonds is 6. The van der Waals surface area contributed by atoms with Crippen LogP contribution in [0.5, 0.6) is 0 Å². The van der Waals surface area contributed by atoms with Crippen molar-refractivity contribution < 1.29 is 10.0 Å². The molecule has 0 aromatic heterocycles. The summed E-state index contributed by atoms with van der Waals surface area (Å²) in [5.41, 5.74) is 6.81. The van der Waals surface area contributed by atoms with Crippen LogP contribution in [0.25, 0.3) is 0 Å². The first-order chi connectivity index (χ1) is 9.61. The smallest absolute Gasteiger partial charge is 0.292 e. The van der Waals surface area contributed by atoms with Crippen LogP contribution in [0.15, 0.2) is 18.2 Å². The molecule has 0 aliphatic heterocycles. The van der Waals surface area contributed by atoms with Crippen LogP contribution in [-0.4, -0.2) is 34.1 Å². The second kappa shape index (κ2) is 6.67. The summed E-state index contributed by atoms with van der Waals surface area (Å²) in [6, 6.07) is 5.36. The highest BCUT2D eigenvalue weighted by atomic mass is 16.6. The first kappa shape index (κ1) is 14.7. The molecular formula is C14H21N3O3. The molecule has 1 aliphatic carbocycles. The van der Waals surface area contributed by atoms with Crippen molar-refractivity contribution in [3.05, 3.63) is 33.9 Å². The van der Waals surface area contributed by atoms with E-state index in [1.165, 1.54) is 18.9 Å². The molecule has 0 spiro atoms. The molecule has 0 atom stereocenters. The number of benzene rings is 1. The van der Waals surface area contributed by atoms with E-state index in [1.807, 2.05) is 0 Å². The number of anilines is 1. The van der Waals surface area contributed by atoms with Gasteiger partial charge in [-0.2, -0.15) is 0 Å². The van der Waals surface area contributed by atoms with Crippen LogP contribution in [0.3, 0.4) is 0 Å². The maximum Gasteiger partial charge on any atom is 0.292 e. The third-order valence-electron chi connectivity index (χ3n) is 3.90. The molecule has 0 unspecified atom stereocenters. The Bertz CT molecular complexity index is 473. The molecule has 1 aromatic rings. The SMILES string of the molecule is Nc1cc(CN(CCO)C2CCCC2)ccc1[N+](=O)[O-]. The molecule has 1 fully saturated rings. The molecule has 6 heteroatoms. The van der Waals surface area contributed by atoms with Crippen molar-refractivity contribution in [2.75, 3.05) is 18.9 Å². The molecule has 110 valence electrons. The lowest BCUT2D eigenvalue weighted by Gasteiger charge is -2.28. The Morgan fingerprint density at radius 3 is 2.65 bits per heavy atom. The first-order valence-corrected chi connectivity index (χ1v) is 6.99. The van der Waals surface area contributed by atoms with Crippen LogP contribution in [0.4, 0.5) is 11.4 Å². The molecule has 6 nitrogen and oxygen atoms in total. The van der Waals surface area contributed by atoms with Gasteiger partial charge >= 0.3 is 0 Å². The molecule has 0 bridgehead atoms. The molecule has 0 amide bonds. The molecule has 2 rings (SSSR count). The van der Waals surface area contributed by atoms with Gasteiger partial charge in [-0.15, -0.1) is 0 Å². The third-order valence-corrected chi connectivity index (χ3v) is 3.90. The van der Waals surface area contributed by atoms with E-state index in [4.69, 9.17) is 5.73 Å². The summed E-state index contributed by atoms with van der Waals surface area (Å²) < 4.78 is 0. The number of nitrogen functional groups attached to an aromatic ring is 1. The topological polar surface area (TPSA) is 92.6 Å². The van der Waals surface area contributed by atoms with Gasteiger partial charge in [0.15, 0.2) is 0 Å². The lowest BCUT2D eigenvalue weighted by atomic mass is 10.1. The number of hydrogen-bond acceptors (Lipinski definition) is 5. The summed E-state index contributed by atoms with van der Waals surface area (Å²) in [7, 11) is 0. The van der Waals surface area contributed by atoms with Gasteiger partial charge in [-0.05, 0) is 24.5 Å². The van der Waals surface area contributed by atoms with Crippen molar-refractivity contribution in [3.8, 4) is 0 Å². The summed E-state index contributed by atoms with van der Waals surface area (Å²) in [6.45, 7) is 1.42. The van der Waals surface area contributed by atoms with Gasteiger partial charge in [-0.3, -0.25) is 15.0 Å². The van der Waals surface area contributed by atoms with E-state index in [0.717, 1.165) is 18.4 Å². The fourth-order valence-electron chi connectivity index (χ4n) is 2.89. The van der Waals surface area contributed by atoms with Gasteiger partial charge in [-0.25, -0.2) is 0 Å². The Morgan fingerprint density at radius 1 is 1.40 bits per heavy atom. The molecule has 1 aliphatic rings. The Hall–Kier alpha value is -1.66. The Kier molecular flexibility index (Phi) is 4.92. The summed E-state index contributed by atoms with van der Waals surface area (Å²) in [5.74, 6) is 0. The molecule has 20 heavy (non-hydrogen) atoms. The quantitative estimate of drug-likeness (QED) is 0.471. The van der Waals surface area contributed by atoms with E-state index in [2.05, 4.69) is 4.90 Å². The number of nitro benzene ring substituents is 1. The van der Waals surface area contributed by atoms with Crippen LogP contribution < -0.4 is 5.73 Å². The number of nitrogens with two attached hydrogens (primary N) is 1. The highest BCUT2D eigenvalue weighted by Crippen LogP contribution is 2.27. The van der Waals surface area contributed by atoms with E-state index in [-0.39, 0.29) is 18.0 Å². The minimum Gasteiger partial charge on any atom is -0.395 e. The van der Waals surface area contributed by atoms with Gasteiger partial charge in [0, 0.05) is 25.2 Å². The van der Waals surface area contributed by atoms with Gasteiger partial charge in [0.1, 0.15) is 5.69 Å². The van der Waals surface area contributed by atoms with Crippen molar-refractivity contribution >= 4 is 11.4 Å². The van der Waals surface area contributed by atoms with Crippen molar-refractivity contribution in [1.29, 1.82) is 0 Å². The zero-order valence-corrected chi connectivity index (χ0v) is 11.5. The maximum absolute atomic E-state index is 10.7. The van der Waals surface area contributed by atoms with Gasteiger partial charge in [0.25, 0.3) is 5.69 Å². The first-order valence-electron chi connectivity index (χ1n) is 6.99. The highest BCUT2D eigenvalue weighted by molar-refractivity contribution is 5.59. The van der Waals surface area contributed by atoms with E-state index in [0.29, 0.717) is 19.1 Å². The zero-order chi connectivity index (χ0) is 14.5. The van der Waals surface area contributed by atoms with Gasteiger partial charge in [0.05, 0.1) is 11.5 Å². The largest absolute Gasteiger partial charge is 0.395 e. The Morgan fingerprint density at radius 2 is 2.10 bits per heavy atom. The number of nitro groups is 1. The van der Waals surface area contributed by atoms with E-state index < -0.39 is 4.92 Å². The average molecular weight is 279 g/mol. The summed E-state index contributed by atoms with van der Waals surface area (Å²) in [5, 5.41) is 19.9. The molecule has 3 N–H and O–H groups in total. The summed E-state index contributed by atoms with van der Waals surface area (Å²) in [4.78, 5) is 12.5. The second-order valence-electron chi connectivity index (χ2n) is 5.28. The molecule has 0 radical (unpaired) electrons. The van der Waals surface area contributed by atoms with Crippen LogP contribution in [0.2, 0.25) is 0 Å². The fourth-order valence-corrected chi connectivity index (χ4v) is 2.89.